The van der Waals surface area contributed by atoms with E-state index in [2.05, 4.69) is 4.98 Å². The number of aromatic nitrogens is 3. The Morgan fingerprint density at radius 2 is 1.75 bits per heavy atom. The second-order valence-corrected chi connectivity index (χ2v) is 8.83. The van der Waals surface area contributed by atoms with Crippen LogP contribution in [-0.4, -0.2) is 33.2 Å². The van der Waals surface area contributed by atoms with Crippen molar-refractivity contribution >= 4 is 26.4 Å². The van der Waals surface area contributed by atoms with Gasteiger partial charge >= 0.3 is 11.2 Å². The van der Waals surface area contributed by atoms with Crippen molar-refractivity contribution in [2.75, 3.05) is 5.73 Å². The lowest BCUT2D eigenvalue weighted by Crippen LogP contribution is -2.24. The number of hydrogen-bond donors (Lipinski definition) is 2. The first-order chi connectivity index (χ1) is 15.0. The summed E-state index contributed by atoms with van der Waals surface area (Å²) in [6.07, 6.45) is 2.71. The average Bonchev–Trinajstić information content (AvgIpc) is 3.01. The summed E-state index contributed by atoms with van der Waals surface area (Å²) < 4.78 is 63.2. The number of alkyl halides is 3. The van der Waals surface area contributed by atoms with Gasteiger partial charge in [0.25, 0.3) is 9.84 Å². The molecule has 166 valence electrons. The Kier molecular flexibility index (Phi) is 4.96. The third-order valence-corrected chi connectivity index (χ3v) is 6.38. The third-order valence-electron chi connectivity index (χ3n) is 4.88. The first-order valence-electron chi connectivity index (χ1n) is 9.06. The van der Waals surface area contributed by atoms with Gasteiger partial charge in [0.15, 0.2) is 0 Å². The third kappa shape index (κ3) is 3.47. The van der Waals surface area contributed by atoms with Gasteiger partial charge in [0.1, 0.15) is 0 Å². The SMILES string of the molecule is Nc1cccc2c(Cn3cc(O)n(-c4ccc(S(=O)(=O)C(F)(F)F)cc4)c3=O)ccnc12. The number of nitrogens with two attached hydrogens (primary N) is 1. The number of sulfone groups is 1. The largest absolute Gasteiger partial charge is 0.501 e. The van der Waals surface area contributed by atoms with Gasteiger partial charge in [-0.1, -0.05) is 12.1 Å². The maximum atomic E-state index is 12.9. The number of aromatic hydroxyl groups is 1. The van der Waals surface area contributed by atoms with Gasteiger partial charge in [-0.15, -0.1) is 0 Å². The van der Waals surface area contributed by atoms with E-state index in [4.69, 9.17) is 5.73 Å². The van der Waals surface area contributed by atoms with Crippen LogP contribution in [0.3, 0.4) is 0 Å². The fourth-order valence-corrected chi connectivity index (χ4v) is 4.08. The predicted octanol–water partition coefficient (Wildman–Crippen LogP) is 2.82. The highest BCUT2D eigenvalue weighted by Crippen LogP contribution is 2.31. The number of imidazole rings is 1. The standard InChI is InChI=1S/C20H15F3N4O4S/c21-20(22,23)32(30,31)14-6-4-13(5-7-14)27-17(28)11-26(19(27)29)10-12-8-9-25-18-15(12)2-1-3-16(18)24/h1-9,11,28H,10,24H2. The molecule has 2 aromatic carbocycles. The molecule has 4 rings (SSSR count). The highest BCUT2D eigenvalue weighted by molar-refractivity contribution is 7.92. The number of rotatable bonds is 4. The number of anilines is 1. The van der Waals surface area contributed by atoms with Crippen LogP contribution in [-0.2, 0) is 16.4 Å². The molecule has 0 radical (unpaired) electrons. The minimum Gasteiger partial charge on any atom is -0.493 e. The maximum Gasteiger partial charge on any atom is 0.501 e. The predicted molar refractivity (Wildman–Crippen MR) is 110 cm³/mol. The van der Waals surface area contributed by atoms with E-state index in [1.165, 1.54) is 17.0 Å². The van der Waals surface area contributed by atoms with E-state index in [-0.39, 0.29) is 12.2 Å². The van der Waals surface area contributed by atoms with Crippen LogP contribution in [0, 0.1) is 0 Å². The Morgan fingerprint density at radius 1 is 1.06 bits per heavy atom. The molecule has 3 N–H and O–H groups in total. The van der Waals surface area contributed by atoms with Gasteiger partial charge in [-0.25, -0.2) is 17.8 Å². The lowest BCUT2D eigenvalue weighted by Gasteiger charge is -2.09. The molecule has 0 aliphatic carbocycles. The van der Waals surface area contributed by atoms with E-state index < -0.39 is 31.8 Å². The molecule has 0 fully saturated rings. The maximum absolute atomic E-state index is 12.9. The minimum atomic E-state index is -5.53. The Labute approximate surface area is 178 Å². The smallest absolute Gasteiger partial charge is 0.493 e. The van der Waals surface area contributed by atoms with Crippen LogP contribution >= 0.6 is 0 Å². The molecule has 4 aromatic rings. The minimum absolute atomic E-state index is 0.00351. The molecule has 2 heterocycles. The van der Waals surface area contributed by atoms with Crippen LogP contribution in [0.5, 0.6) is 5.88 Å². The molecule has 0 amide bonds. The van der Waals surface area contributed by atoms with Crippen molar-refractivity contribution in [2.24, 2.45) is 0 Å². The number of hydrogen-bond acceptors (Lipinski definition) is 6. The van der Waals surface area contributed by atoms with Crippen molar-refractivity contribution in [1.82, 2.24) is 14.1 Å². The Morgan fingerprint density at radius 3 is 2.41 bits per heavy atom. The molecular formula is C20H15F3N4O4S. The van der Waals surface area contributed by atoms with E-state index in [0.29, 0.717) is 22.2 Å². The summed E-state index contributed by atoms with van der Waals surface area (Å²) in [6, 6.07) is 10.4. The van der Waals surface area contributed by atoms with Gasteiger partial charge in [-0.3, -0.25) is 9.55 Å². The zero-order valence-electron chi connectivity index (χ0n) is 16.1. The van der Waals surface area contributed by atoms with E-state index in [1.807, 2.05) is 0 Å². The Hall–Kier alpha value is -3.80. The average molecular weight is 464 g/mol. The van der Waals surface area contributed by atoms with Crippen LogP contribution in [0.2, 0.25) is 0 Å². The quantitative estimate of drug-likeness (QED) is 0.448. The second-order valence-electron chi connectivity index (χ2n) is 6.89. The van der Waals surface area contributed by atoms with Crippen LogP contribution in [0.15, 0.2) is 70.6 Å². The molecule has 0 aliphatic heterocycles. The van der Waals surface area contributed by atoms with Crippen molar-refractivity contribution in [3.8, 4) is 11.6 Å². The van der Waals surface area contributed by atoms with E-state index >= 15 is 0 Å². The molecule has 0 aliphatic rings. The number of pyridine rings is 1. The summed E-state index contributed by atoms with van der Waals surface area (Å²) in [6.45, 7) is 0.0579. The number of para-hydroxylation sites is 1. The Bertz CT molecular complexity index is 1490. The molecule has 8 nitrogen and oxygen atoms in total. The van der Waals surface area contributed by atoms with Crippen LogP contribution in [0.25, 0.3) is 16.6 Å². The van der Waals surface area contributed by atoms with E-state index in [9.17, 15) is 31.5 Å². The summed E-state index contributed by atoms with van der Waals surface area (Å²) in [5.41, 5.74) is 1.53. The number of halogens is 3. The lowest BCUT2D eigenvalue weighted by atomic mass is 10.1. The zero-order chi connectivity index (χ0) is 23.3. The summed E-state index contributed by atoms with van der Waals surface area (Å²) in [7, 11) is -5.53. The summed E-state index contributed by atoms with van der Waals surface area (Å²) in [5.74, 6) is -0.473. The molecular weight excluding hydrogens is 449 g/mol. The van der Waals surface area contributed by atoms with Gasteiger partial charge < -0.3 is 10.8 Å². The number of fused-ring (bicyclic) bond motifs is 1. The normalized spacial score (nSPS) is 12.3. The van der Waals surface area contributed by atoms with E-state index in [1.54, 1.807) is 24.3 Å². The molecule has 0 spiro atoms. The number of nitrogens with zero attached hydrogens (tertiary/aromatic N) is 3. The van der Waals surface area contributed by atoms with Crippen LogP contribution < -0.4 is 11.4 Å². The first-order valence-corrected chi connectivity index (χ1v) is 10.5. The van der Waals surface area contributed by atoms with Gasteiger partial charge in [0, 0.05) is 11.6 Å². The summed E-state index contributed by atoms with van der Waals surface area (Å²) in [4.78, 5) is 16.1. The van der Waals surface area contributed by atoms with Crippen LogP contribution in [0.4, 0.5) is 18.9 Å². The molecule has 0 bridgehead atoms. The van der Waals surface area contributed by atoms with E-state index in [0.717, 1.165) is 28.8 Å². The van der Waals surface area contributed by atoms with Gasteiger partial charge in [-0.2, -0.15) is 13.2 Å². The lowest BCUT2D eigenvalue weighted by molar-refractivity contribution is -0.0436. The number of nitrogen functional groups attached to an aromatic ring is 1. The Balaban J connectivity index is 1.72. The molecule has 0 saturated carbocycles. The van der Waals surface area contributed by atoms with Crippen molar-refractivity contribution in [2.45, 2.75) is 16.9 Å². The number of benzene rings is 2. The molecule has 2 aromatic heterocycles. The zero-order valence-corrected chi connectivity index (χ0v) is 16.9. The van der Waals surface area contributed by atoms with Crippen LogP contribution in [0.1, 0.15) is 5.56 Å². The molecule has 0 atom stereocenters. The highest BCUT2D eigenvalue weighted by Gasteiger charge is 2.46. The molecule has 12 heteroatoms. The topological polar surface area (TPSA) is 120 Å². The molecule has 32 heavy (non-hydrogen) atoms. The summed E-state index contributed by atoms with van der Waals surface area (Å²) >= 11 is 0. The highest BCUT2D eigenvalue weighted by atomic mass is 32.2. The van der Waals surface area contributed by atoms with Crippen molar-refractivity contribution in [3.63, 3.8) is 0 Å². The monoisotopic (exact) mass is 464 g/mol. The van der Waals surface area contributed by atoms with Crippen molar-refractivity contribution < 1.29 is 26.7 Å². The summed E-state index contributed by atoms with van der Waals surface area (Å²) in [5, 5.41) is 11.0. The molecule has 0 unspecified atom stereocenters. The fraction of sp³-hybridized carbons (Fsp3) is 0.100. The van der Waals surface area contributed by atoms with Gasteiger partial charge in [0.05, 0.1) is 34.5 Å². The van der Waals surface area contributed by atoms with Crippen molar-refractivity contribution in [3.05, 3.63) is 77.0 Å². The van der Waals surface area contributed by atoms with Gasteiger partial charge in [-0.05, 0) is 42.0 Å². The van der Waals surface area contributed by atoms with Gasteiger partial charge in [0.2, 0.25) is 5.88 Å². The second kappa shape index (κ2) is 7.41. The fourth-order valence-electron chi connectivity index (χ4n) is 3.32. The molecule has 0 saturated heterocycles. The first kappa shape index (κ1) is 21.4. The van der Waals surface area contributed by atoms with Crippen molar-refractivity contribution in [1.29, 1.82) is 0 Å².